The molecule has 4 rings (SSSR count). The van der Waals surface area contributed by atoms with Crippen molar-refractivity contribution in [3.63, 3.8) is 0 Å². The predicted octanol–water partition coefficient (Wildman–Crippen LogP) is 2.69. The molecule has 2 fully saturated rings. The molecular weight excluding hydrogens is 446 g/mol. The lowest BCUT2D eigenvalue weighted by molar-refractivity contribution is -0.137. The maximum atomic E-state index is 13.2. The van der Waals surface area contributed by atoms with Crippen LogP contribution in [0.3, 0.4) is 0 Å². The maximum Gasteiger partial charge on any atom is 0.253 e. The Morgan fingerprint density at radius 3 is 2.21 bits per heavy atom. The average molecular weight is 472 g/mol. The van der Waals surface area contributed by atoms with Crippen LogP contribution in [0.5, 0.6) is 11.5 Å². The van der Waals surface area contributed by atoms with Crippen molar-refractivity contribution in [3.8, 4) is 11.5 Å². The zero-order chi connectivity index (χ0) is 23.5. The third-order valence-corrected chi connectivity index (χ3v) is 6.41. The van der Waals surface area contributed by atoms with Crippen LogP contribution in [0.1, 0.15) is 16.8 Å². The summed E-state index contributed by atoms with van der Waals surface area (Å²) >= 11 is 6.26. The molecule has 2 aromatic rings. The Kier molecular flexibility index (Phi) is 6.74. The van der Waals surface area contributed by atoms with Crippen LogP contribution >= 0.6 is 11.6 Å². The lowest BCUT2D eigenvalue weighted by Crippen LogP contribution is -2.52. The van der Waals surface area contributed by atoms with Gasteiger partial charge in [0.1, 0.15) is 11.5 Å². The molecule has 2 aliphatic heterocycles. The van der Waals surface area contributed by atoms with Gasteiger partial charge in [0.25, 0.3) is 5.91 Å². The molecular formula is C24H26ClN3O5. The number of anilines is 1. The van der Waals surface area contributed by atoms with Gasteiger partial charge in [0, 0.05) is 50.8 Å². The van der Waals surface area contributed by atoms with Crippen molar-refractivity contribution in [1.29, 1.82) is 0 Å². The molecule has 0 radical (unpaired) electrons. The second kappa shape index (κ2) is 9.70. The van der Waals surface area contributed by atoms with Crippen molar-refractivity contribution >= 4 is 35.0 Å². The highest BCUT2D eigenvalue weighted by Gasteiger charge is 2.39. The van der Waals surface area contributed by atoms with Crippen molar-refractivity contribution in [2.45, 2.75) is 6.42 Å². The molecule has 0 N–H and O–H groups in total. The third-order valence-electron chi connectivity index (χ3n) is 6.12. The van der Waals surface area contributed by atoms with Gasteiger partial charge in [-0.1, -0.05) is 29.8 Å². The molecule has 0 unspecified atom stereocenters. The summed E-state index contributed by atoms with van der Waals surface area (Å²) in [5, 5.41) is 0.357. The fraction of sp³-hybridized carbons (Fsp3) is 0.375. The van der Waals surface area contributed by atoms with Crippen LogP contribution in [-0.2, 0) is 9.59 Å². The van der Waals surface area contributed by atoms with E-state index in [0.29, 0.717) is 54.0 Å². The van der Waals surface area contributed by atoms with Crippen molar-refractivity contribution in [1.82, 2.24) is 9.80 Å². The van der Waals surface area contributed by atoms with Crippen LogP contribution in [0, 0.1) is 5.92 Å². The number of carbonyl (C=O) groups excluding carboxylic acids is 3. The van der Waals surface area contributed by atoms with Crippen LogP contribution < -0.4 is 14.4 Å². The first-order chi connectivity index (χ1) is 15.9. The van der Waals surface area contributed by atoms with E-state index >= 15 is 0 Å². The largest absolute Gasteiger partial charge is 0.495 e. The van der Waals surface area contributed by atoms with E-state index in [1.54, 1.807) is 39.0 Å². The minimum atomic E-state index is -0.459. The van der Waals surface area contributed by atoms with Gasteiger partial charge in [-0.15, -0.1) is 0 Å². The van der Waals surface area contributed by atoms with Crippen LogP contribution in [0.25, 0.3) is 0 Å². The van der Waals surface area contributed by atoms with E-state index in [1.165, 1.54) is 14.2 Å². The Balaban J connectivity index is 1.40. The molecule has 2 aromatic carbocycles. The summed E-state index contributed by atoms with van der Waals surface area (Å²) in [6.45, 7) is 2.07. The van der Waals surface area contributed by atoms with Crippen molar-refractivity contribution in [2.75, 3.05) is 51.8 Å². The molecule has 0 bridgehead atoms. The summed E-state index contributed by atoms with van der Waals surface area (Å²) in [5.41, 5.74) is 1.16. The van der Waals surface area contributed by atoms with Gasteiger partial charge in [0.2, 0.25) is 11.8 Å². The molecule has 1 atom stereocenters. The molecule has 2 aliphatic rings. The predicted molar refractivity (Wildman–Crippen MR) is 124 cm³/mol. The molecule has 9 heteroatoms. The molecule has 174 valence electrons. The number of benzene rings is 2. The van der Waals surface area contributed by atoms with Crippen molar-refractivity contribution < 1.29 is 23.9 Å². The summed E-state index contributed by atoms with van der Waals surface area (Å²) in [4.78, 5) is 43.6. The van der Waals surface area contributed by atoms with Crippen molar-refractivity contribution in [3.05, 3.63) is 53.1 Å². The molecule has 0 aliphatic carbocycles. The van der Waals surface area contributed by atoms with Crippen LogP contribution in [0.4, 0.5) is 5.69 Å². The molecule has 33 heavy (non-hydrogen) atoms. The summed E-state index contributed by atoms with van der Waals surface area (Å²) in [6.07, 6.45) is 0.120. The van der Waals surface area contributed by atoms with Crippen molar-refractivity contribution in [2.24, 2.45) is 5.92 Å². The minimum Gasteiger partial charge on any atom is -0.495 e. The number of hydrogen-bond donors (Lipinski definition) is 0. The first kappa shape index (κ1) is 22.9. The first-order valence-electron chi connectivity index (χ1n) is 10.8. The lowest BCUT2D eigenvalue weighted by atomic mass is 10.1. The number of amides is 3. The number of hydrogen-bond acceptors (Lipinski definition) is 5. The Labute approximate surface area is 197 Å². The van der Waals surface area contributed by atoms with Gasteiger partial charge >= 0.3 is 0 Å². The molecule has 0 aromatic heterocycles. The first-order valence-corrected chi connectivity index (χ1v) is 11.2. The van der Waals surface area contributed by atoms with E-state index in [1.807, 2.05) is 18.2 Å². The highest BCUT2D eigenvalue weighted by atomic mass is 35.5. The highest BCUT2D eigenvalue weighted by Crippen LogP contribution is 2.40. The van der Waals surface area contributed by atoms with Crippen LogP contribution in [0.2, 0.25) is 5.02 Å². The average Bonchev–Trinajstić information content (AvgIpc) is 3.24. The number of nitrogens with zero attached hydrogens (tertiary/aromatic N) is 3. The Morgan fingerprint density at radius 2 is 1.58 bits per heavy atom. The van der Waals surface area contributed by atoms with E-state index in [4.69, 9.17) is 21.1 Å². The maximum absolute atomic E-state index is 13.2. The zero-order valence-corrected chi connectivity index (χ0v) is 19.4. The van der Waals surface area contributed by atoms with Gasteiger partial charge in [-0.3, -0.25) is 14.4 Å². The summed E-state index contributed by atoms with van der Waals surface area (Å²) < 4.78 is 10.6. The quantitative estimate of drug-likeness (QED) is 0.670. The smallest absolute Gasteiger partial charge is 0.253 e. The third kappa shape index (κ3) is 4.61. The standard InChI is InChI=1S/C24H26ClN3O5/c1-32-20-14-21(33-2)19(13-18(20)25)28-15-17(12-22(28)29)24(31)27-10-8-26(9-11-27)23(30)16-6-4-3-5-7-16/h3-7,13-14,17H,8-12,15H2,1-2H3/t17-/m1/s1. The normalized spacial score (nSPS) is 18.5. The molecule has 0 spiro atoms. The fourth-order valence-electron chi connectivity index (χ4n) is 4.31. The Morgan fingerprint density at radius 1 is 0.939 bits per heavy atom. The van der Waals surface area contributed by atoms with Gasteiger partial charge in [-0.05, 0) is 18.2 Å². The summed E-state index contributed by atoms with van der Waals surface area (Å²) in [7, 11) is 3.01. The number of piperazine rings is 1. The van der Waals surface area contributed by atoms with E-state index in [0.717, 1.165) is 0 Å². The molecule has 2 saturated heterocycles. The minimum absolute atomic E-state index is 0.0339. The number of ether oxygens (including phenoxy) is 2. The van der Waals surface area contributed by atoms with E-state index in [-0.39, 0.29) is 30.7 Å². The van der Waals surface area contributed by atoms with Crippen LogP contribution in [0.15, 0.2) is 42.5 Å². The second-order valence-electron chi connectivity index (χ2n) is 8.05. The molecule has 0 saturated carbocycles. The van der Waals surface area contributed by atoms with Gasteiger partial charge < -0.3 is 24.2 Å². The summed E-state index contributed by atoms with van der Waals surface area (Å²) in [6, 6.07) is 12.4. The van der Waals surface area contributed by atoms with Gasteiger partial charge in [0.15, 0.2) is 0 Å². The number of rotatable bonds is 5. The Bertz CT molecular complexity index is 1050. The topological polar surface area (TPSA) is 79.4 Å². The molecule has 8 nitrogen and oxygen atoms in total. The van der Waals surface area contributed by atoms with Crippen LogP contribution in [-0.4, -0.2) is 74.5 Å². The fourth-order valence-corrected chi connectivity index (χ4v) is 4.55. The van der Waals surface area contributed by atoms with Gasteiger partial charge in [-0.25, -0.2) is 0 Å². The Hall–Kier alpha value is -3.26. The second-order valence-corrected chi connectivity index (χ2v) is 8.45. The zero-order valence-electron chi connectivity index (χ0n) is 18.6. The van der Waals surface area contributed by atoms with E-state index < -0.39 is 5.92 Å². The van der Waals surface area contributed by atoms with E-state index in [9.17, 15) is 14.4 Å². The lowest BCUT2D eigenvalue weighted by Gasteiger charge is -2.36. The molecule has 2 heterocycles. The molecule has 3 amide bonds. The van der Waals surface area contributed by atoms with Gasteiger partial charge in [-0.2, -0.15) is 0 Å². The van der Waals surface area contributed by atoms with E-state index in [2.05, 4.69) is 0 Å². The highest BCUT2D eigenvalue weighted by molar-refractivity contribution is 6.32. The SMILES string of the molecule is COc1cc(OC)c(N2C[C@H](C(=O)N3CCN(C(=O)c4ccccc4)CC3)CC2=O)cc1Cl. The van der Waals surface area contributed by atoms with Gasteiger partial charge in [0.05, 0.1) is 30.8 Å². The monoisotopic (exact) mass is 471 g/mol. The number of halogens is 1. The number of carbonyl (C=O) groups is 3. The number of methoxy groups -OCH3 is 2. The summed E-state index contributed by atoms with van der Waals surface area (Å²) in [5.74, 6) is 0.167.